The van der Waals surface area contributed by atoms with Gasteiger partial charge in [0.05, 0.1) is 11.7 Å². The first-order valence-corrected chi connectivity index (χ1v) is 12.4. The molecule has 0 saturated carbocycles. The van der Waals surface area contributed by atoms with Crippen LogP contribution in [0.3, 0.4) is 0 Å². The minimum absolute atomic E-state index is 0.0371. The van der Waals surface area contributed by atoms with Crippen molar-refractivity contribution in [1.82, 2.24) is 0 Å². The molecular formula is C34H28N2. The molecule has 0 bridgehead atoms. The van der Waals surface area contributed by atoms with E-state index in [1.807, 2.05) is 0 Å². The van der Waals surface area contributed by atoms with Crippen LogP contribution >= 0.6 is 0 Å². The Hall–Kier alpha value is -4.43. The highest BCUT2D eigenvalue weighted by Crippen LogP contribution is 2.58. The van der Waals surface area contributed by atoms with Crippen molar-refractivity contribution < 1.29 is 0 Å². The molecule has 1 atom stereocenters. The molecule has 2 nitrogen and oxygen atoms in total. The standard InChI is InChI=1S/C34H28N2/c1-26-22-24-30(25-23-26)35-33-34(28-16-8-3-9-17-28,29-18-10-4-11-19-29)32(27-14-6-2-7-15-27)36(33)31-20-12-5-13-21-31/h2-25,32H,1H3. The van der Waals surface area contributed by atoms with Gasteiger partial charge in [0.1, 0.15) is 11.3 Å². The molecule has 5 aromatic carbocycles. The lowest BCUT2D eigenvalue weighted by Crippen LogP contribution is -2.67. The van der Waals surface area contributed by atoms with Crippen molar-refractivity contribution in [3.05, 3.63) is 168 Å². The molecule has 0 aliphatic carbocycles. The first-order chi connectivity index (χ1) is 17.8. The maximum absolute atomic E-state index is 5.39. The summed E-state index contributed by atoms with van der Waals surface area (Å²) in [5.41, 5.74) is 6.61. The largest absolute Gasteiger partial charge is 0.319 e. The van der Waals surface area contributed by atoms with E-state index in [1.165, 1.54) is 22.3 Å². The van der Waals surface area contributed by atoms with E-state index in [2.05, 4.69) is 157 Å². The molecule has 1 aliphatic rings. The third-order valence-corrected chi connectivity index (χ3v) is 7.13. The number of nitrogens with zero attached hydrogens (tertiary/aromatic N) is 2. The van der Waals surface area contributed by atoms with Crippen molar-refractivity contribution in [1.29, 1.82) is 0 Å². The molecule has 5 aromatic rings. The normalized spacial score (nSPS) is 17.5. The Morgan fingerprint density at radius 2 is 1.03 bits per heavy atom. The third kappa shape index (κ3) is 3.63. The second kappa shape index (κ2) is 9.31. The Morgan fingerprint density at radius 3 is 1.56 bits per heavy atom. The van der Waals surface area contributed by atoms with Gasteiger partial charge in [-0.05, 0) is 47.9 Å². The lowest BCUT2D eigenvalue weighted by atomic mass is 9.59. The molecule has 0 spiro atoms. The van der Waals surface area contributed by atoms with Crippen LogP contribution in [-0.4, -0.2) is 5.84 Å². The molecule has 1 aliphatic heterocycles. The number of aliphatic imine (C=N–C) groups is 1. The maximum Gasteiger partial charge on any atom is 0.128 e. The van der Waals surface area contributed by atoms with Gasteiger partial charge < -0.3 is 4.90 Å². The van der Waals surface area contributed by atoms with E-state index in [9.17, 15) is 0 Å². The van der Waals surface area contributed by atoms with Gasteiger partial charge in [0.25, 0.3) is 0 Å². The summed E-state index contributed by atoms with van der Waals surface area (Å²) in [4.78, 5) is 7.80. The Kier molecular flexibility index (Phi) is 5.71. The van der Waals surface area contributed by atoms with Crippen LogP contribution in [0.5, 0.6) is 0 Å². The number of amidine groups is 1. The molecule has 1 heterocycles. The second-order valence-corrected chi connectivity index (χ2v) is 9.33. The summed E-state index contributed by atoms with van der Waals surface area (Å²) in [5, 5.41) is 0. The molecule has 174 valence electrons. The number of hydrogen-bond donors (Lipinski definition) is 0. The smallest absolute Gasteiger partial charge is 0.128 e. The second-order valence-electron chi connectivity index (χ2n) is 9.33. The third-order valence-electron chi connectivity index (χ3n) is 7.13. The van der Waals surface area contributed by atoms with Crippen LogP contribution in [0.1, 0.15) is 28.3 Å². The van der Waals surface area contributed by atoms with Crippen LogP contribution in [-0.2, 0) is 5.41 Å². The van der Waals surface area contributed by atoms with Gasteiger partial charge >= 0.3 is 0 Å². The summed E-state index contributed by atoms with van der Waals surface area (Å²) in [5.74, 6) is 1.03. The number of rotatable bonds is 5. The van der Waals surface area contributed by atoms with Gasteiger partial charge in [-0.25, -0.2) is 4.99 Å². The zero-order valence-corrected chi connectivity index (χ0v) is 20.3. The first kappa shape index (κ1) is 22.1. The molecule has 1 fully saturated rings. The molecule has 1 unspecified atom stereocenters. The van der Waals surface area contributed by atoms with E-state index in [4.69, 9.17) is 4.99 Å². The van der Waals surface area contributed by atoms with Crippen molar-refractivity contribution >= 4 is 17.2 Å². The summed E-state index contributed by atoms with van der Waals surface area (Å²) >= 11 is 0. The fraction of sp³-hybridized carbons (Fsp3) is 0.0882. The molecule has 0 amide bonds. The number of anilines is 1. The predicted molar refractivity (Wildman–Crippen MR) is 150 cm³/mol. The zero-order valence-electron chi connectivity index (χ0n) is 20.3. The van der Waals surface area contributed by atoms with Crippen molar-refractivity contribution in [2.75, 3.05) is 4.90 Å². The Balaban J connectivity index is 1.69. The van der Waals surface area contributed by atoms with Crippen LogP contribution in [0.4, 0.5) is 11.4 Å². The van der Waals surface area contributed by atoms with Gasteiger partial charge in [0, 0.05) is 5.69 Å². The highest BCUT2D eigenvalue weighted by atomic mass is 15.3. The van der Waals surface area contributed by atoms with Crippen LogP contribution in [0.25, 0.3) is 0 Å². The molecule has 0 radical (unpaired) electrons. The topological polar surface area (TPSA) is 15.6 Å². The van der Waals surface area contributed by atoms with Crippen molar-refractivity contribution in [2.24, 2.45) is 4.99 Å². The molecule has 0 aromatic heterocycles. The van der Waals surface area contributed by atoms with Gasteiger partial charge in [-0.1, -0.05) is 127 Å². The fourth-order valence-electron chi connectivity index (χ4n) is 5.48. The van der Waals surface area contributed by atoms with E-state index >= 15 is 0 Å². The number of hydrogen-bond acceptors (Lipinski definition) is 1. The quantitative estimate of drug-likeness (QED) is 0.255. The SMILES string of the molecule is Cc1ccc(N=C2N(c3ccccc3)C(c3ccccc3)C2(c2ccccc2)c2ccccc2)cc1. The number of para-hydroxylation sites is 1. The van der Waals surface area contributed by atoms with E-state index < -0.39 is 5.41 Å². The fourth-order valence-corrected chi connectivity index (χ4v) is 5.48. The molecule has 6 rings (SSSR count). The Morgan fingerprint density at radius 1 is 0.556 bits per heavy atom. The summed E-state index contributed by atoms with van der Waals surface area (Å²) in [6.07, 6.45) is 0. The molecular weight excluding hydrogens is 436 g/mol. The first-order valence-electron chi connectivity index (χ1n) is 12.4. The zero-order chi connectivity index (χ0) is 24.4. The van der Waals surface area contributed by atoms with Gasteiger partial charge in [-0.15, -0.1) is 0 Å². The van der Waals surface area contributed by atoms with E-state index in [-0.39, 0.29) is 6.04 Å². The van der Waals surface area contributed by atoms with Crippen LogP contribution < -0.4 is 4.90 Å². The van der Waals surface area contributed by atoms with E-state index in [1.54, 1.807) is 0 Å². The summed E-state index contributed by atoms with van der Waals surface area (Å²) in [7, 11) is 0. The maximum atomic E-state index is 5.39. The molecule has 1 saturated heterocycles. The Bertz CT molecular complexity index is 1420. The van der Waals surface area contributed by atoms with Crippen LogP contribution in [0.15, 0.2) is 151 Å². The minimum atomic E-state index is -0.454. The van der Waals surface area contributed by atoms with E-state index in [0.29, 0.717) is 0 Å². The number of benzene rings is 5. The average Bonchev–Trinajstić information content (AvgIpc) is 2.94. The molecule has 2 heteroatoms. The van der Waals surface area contributed by atoms with Crippen LogP contribution in [0.2, 0.25) is 0 Å². The average molecular weight is 465 g/mol. The van der Waals surface area contributed by atoms with Crippen molar-refractivity contribution in [3.63, 3.8) is 0 Å². The lowest BCUT2D eigenvalue weighted by Gasteiger charge is -2.60. The highest BCUT2D eigenvalue weighted by Gasteiger charge is 2.61. The van der Waals surface area contributed by atoms with Crippen molar-refractivity contribution in [2.45, 2.75) is 18.4 Å². The number of aryl methyl sites for hydroxylation is 1. The summed E-state index contributed by atoms with van der Waals surface area (Å²) in [6.45, 7) is 2.11. The van der Waals surface area contributed by atoms with Gasteiger partial charge in [-0.3, -0.25) is 0 Å². The minimum Gasteiger partial charge on any atom is -0.319 e. The van der Waals surface area contributed by atoms with E-state index in [0.717, 1.165) is 17.2 Å². The van der Waals surface area contributed by atoms with Gasteiger partial charge in [0.2, 0.25) is 0 Å². The Labute approximate surface area is 213 Å². The summed E-state index contributed by atoms with van der Waals surface area (Å²) < 4.78 is 0. The predicted octanol–water partition coefficient (Wildman–Crippen LogP) is 8.27. The molecule has 0 N–H and O–H groups in total. The van der Waals surface area contributed by atoms with Crippen molar-refractivity contribution in [3.8, 4) is 0 Å². The molecule has 36 heavy (non-hydrogen) atoms. The monoisotopic (exact) mass is 464 g/mol. The van der Waals surface area contributed by atoms with Gasteiger partial charge in [0.15, 0.2) is 0 Å². The summed E-state index contributed by atoms with van der Waals surface area (Å²) in [6, 6.07) is 51.7. The lowest BCUT2D eigenvalue weighted by molar-refractivity contribution is 0.452. The van der Waals surface area contributed by atoms with Crippen LogP contribution in [0, 0.1) is 6.92 Å². The highest BCUT2D eigenvalue weighted by molar-refractivity contribution is 6.17. The van der Waals surface area contributed by atoms with Gasteiger partial charge in [-0.2, -0.15) is 0 Å².